The Balaban J connectivity index is 2.90. The standard InChI is InChI=1S/C14H25N3O2/c1-7-17(9-14(5,6)19)12(18)10-8-11(16-15-10)13(2,3)4/h8,19H,7,9H2,1-6H3,(H,15,16). The van der Waals surface area contributed by atoms with E-state index < -0.39 is 5.60 Å². The Kier molecular flexibility index (Phi) is 4.40. The number of rotatable bonds is 4. The van der Waals surface area contributed by atoms with Gasteiger partial charge in [-0.2, -0.15) is 5.10 Å². The Hall–Kier alpha value is -1.36. The van der Waals surface area contributed by atoms with Gasteiger partial charge in [0.2, 0.25) is 0 Å². The Bertz CT molecular complexity index is 438. The molecule has 0 spiro atoms. The van der Waals surface area contributed by atoms with E-state index in [4.69, 9.17) is 0 Å². The predicted octanol–water partition coefficient (Wildman–Crippen LogP) is 1.94. The number of aromatic nitrogens is 2. The lowest BCUT2D eigenvalue weighted by atomic mass is 9.92. The highest BCUT2D eigenvalue weighted by molar-refractivity contribution is 5.92. The number of hydrogen-bond acceptors (Lipinski definition) is 3. The average molecular weight is 267 g/mol. The van der Waals surface area contributed by atoms with E-state index in [1.54, 1.807) is 24.8 Å². The van der Waals surface area contributed by atoms with Gasteiger partial charge in [-0.3, -0.25) is 9.89 Å². The van der Waals surface area contributed by atoms with Gasteiger partial charge in [0, 0.05) is 24.2 Å². The van der Waals surface area contributed by atoms with Gasteiger partial charge in [0.15, 0.2) is 0 Å². The van der Waals surface area contributed by atoms with Crippen molar-refractivity contribution in [3.05, 3.63) is 17.5 Å². The number of aromatic amines is 1. The second kappa shape index (κ2) is 5.33. The number of likely N-dealkylation sites (N-methyl/N-ethyl adjacent to an activating group) is 1. The van der Waals surface area contributed by atoms with Gasteiger partial charge in [-0.05, 0) is 26.8 Å². The number of carbonyl (C=O) groups is 1. The smallest absolute Gasteiger partial charge is 0.274 e. The van der Waals surface area contributed by atoms with Crippen LogP contribution >= 0.6 is 0 Å². The molecule has 0 aliphatic rings. The Morgan fingerprint density at radius 2 is 1.95 bits per heavy atom. The Labute approximate surface area is 115 Å². The third-order valence-corrected chi connectivity index (χ3v) is 2.85. The third-order valence-electron chi connectivity index (χ3n) is 2.85. The maximum atomic E-state index is 12.3. The van der Waals surface area contributed by atoms with Crippen LogP contribution in [0.4, 0.5) is 0 Å². The average Bonchev–Trinajstić information content (AvgIpc) is 2.72. The molecule has 5 heteroatoms. The topological polar surface area (TPSA) is 69.2 Å². The predicted molar refractivity (Wildman–Crippen MR) is 75.2 cm³/mol. The molecule has 0 unspecified atom stereocenters. The Morgan fingerprint density at radius 1 is 1.37 bits per heavy atom. The molecule has 19 heavy (non-hydrogen) atoms. The first-order chi connectivity index (χ1) is 8.54. The van der Waals surface area contributed by atoms with Crippen LogP contribution in [0.1, 0.15) is 57.7 Å². The lowest BCUT2D eigenvalue weighted by Crippen LogP contribution is -2.42. The first-order valence-corrected chi connectivity index (χ1v) is 6.62. The fourth-order valence-corrected chi connectivity index (χ4v) is 1.77. The number of carbonyl (C=O) groups excluding carboxylic acids is 1. The molecule has 0 saturated carbocycles. The molecule has 0 saturated heterocycles. The van der Waals surface area contributed by atoms with Gasteiger partial charge in [-0.15, -0.1) is 0 Å². The van der Waals surface area contributed by atoms with Crippen LogP contribution in [0.5, 0.6) is 0 Å². The lowest BCUT2D eigenvalue weighted by Gasteiger charge is -2.27. The van der Waals surface area contributed by atoms with E-state index >= 15 is 0 Å². The quantitative estimate of drug-likeness (QED) is 0.876. The molecule has 0 bridgehead atoms. The summed E-state index contributed by atoms with van der Waals surface area (Å²) in [7, 11) is 0. The van der Waals surface area contributed by atoms with Crippen molar-refractivity contribution in [1.82, 2.24) is 15.1 Å². The molecule has 1 aromatic rings. The molecular weight excluding hydrogens is 242 g/mol. The summed E-state index contributed by atoms with van der Waals surface area (Å²) < 4.78 is 0. The summed E-state index contributed by atoms with van der Waals surface area (Å²) in [5.74, 6) is -0.156. The first kappa shape index (κ1) is 15.7. The largest absolute Gasteiger partial charge is 0.389 e. The molecule has 108 valence electrons. The van der Waals surface area contributed by atoms with E-state index in [0.29, 0.717) is 18.8 Å². The minimum absolute atomic E-state index is 0.0706. The molecule has 1 aromatic heterocycles. The summed E-state index contributed by atoms with van der Waals surface area (Å²) in [6.07, 6.45) is 0. The highest BCUT2D eigenvalue weighted by atomic mass is 16.3. The minimum atomic E-state index is -0.908. The number of hydrogen-bond donors (Lipinski definition) is 2. The number of nitrogens with one attached hydrogen (secondary N) is 1. The van der Waals surface area contributed by atoms with E-state index in [1.165, 1.54) is 0 Å². The number of amides is 1. The summed E-state index contributed by atoms with van der Waals surface area (Å²) in [5.41, 5.74) is 0.347. The van der Waals surface area contributed by atoms with Crippen molar-refractivity contribution < 1.29 is 9.90 Å². The molecule has 1 amide bonds. The molecule has 0 aliphatic carbocycles. The van der Waals surface area contributed by atoms with Gasteiger partial charge >= 0.3 is 0 Å². The van der Waals surface area contributed by atoms with Gasteiger partial charge in [-0.1, -0.05) is 20.8 Å². The van der Waals surface area contributed by atoms with Crippen molar-refractivity contribution in [3.63, 3.8) is 0 Å². The first-order valence-electron chi connectivity index (χ1n) is 6.62. The molecule has 0 radical (unpaired) electrons. The van der Waals surface area contributed by atoms with Gasteiger partial charge < -0.3 is 10.0 Å². The number of H-pyrrole nitrogens is 1. The van der Waals surface area contributed by atoms with Crippen molar-refractivity contribution in [2.45, 2.75) is 52.6 Å². The maximum absolute atomic E-state index is 12.3. The van der Waals surface area contributed by atoms with E-state index in [-0.39, 0.29) is 11.3 Å². The molecule has 1 heterocycles. The van der Waals surface area contributed by atoms with Gasteiger partial charge in [-0.25, -0.2) is 0 Å². The van der Waals surface area contributed by atoms with Crippen LogP contribution in [-0.4, -0.2) is 44.8 Å². The second-order valence-electron chi connectivity index (χ2n) is 6.55. The number of aliphatic hydroxyl groups is 1. The molecule has 0 fully saturated rings. The van der Waals surface area contributed by atoms with Crippen molar-refractivity contribution in [2.75, 3.05) is 13.1 Å². The molecule has 0 atom stereocenters. The summed E-state index contributed by atoms with van der Waals surface area (Å²) in [6.45, 7) is 12.3. The van der Waals surface area contributed by atoms with Gasteiger partial charge in [0.05, 0.1) is 5.60 Å². The third kappa shape index (κ3) is 4.35. The Morgan fingerprint density at radius 3 is 2.32 bits per heavy atom. The van der Waals surface area contributed by atoms with Crippen LogP contribution in [0.2, 0.25) is 0 Å². The summed E-state index contributed by atoms with van der Waals surface area (Å²) in [4.78, 5) is 13.9. The molecule has 0 aliphatic heterocycles. The fraction of sp³-hybridized carbons (Fsp3) is 0.714. The number of nitrogens with zero attached hydrogens (tertiary/aromatic N) is 2. The lowest BCUT2D eigenvalue weighted by molar-refractivity contribution is 0.0311. The summed E-state index contributed by atoms with van der Waals surface area (Å²) >= 11 is 0. The zero-order valence-corrected chi connectivity index (χ0v) is 12.7. The summed E-state index contributed by atoms with van der Waals surface area (Å²) in [5, 5.41) is 16.8. The minimum Gasteiger partial charge on any atom is -0.389 e. The molecule has 5 nitrogen and oxygen atoms in total. The van der Waals surface area contributed by atoms with E-state index in [2.05, 4.69) is 31.0 Å². The van der Waals surface area contributed by atoms with E-state index in [1.807, 2.05) is 6.92 Å². The van der Waals surface area contributed by atoms with Gasteiger partial charge in [0.25, 0.3) is 5.91 Å². The zero-order valence-electron chi connectivity index (χ0n) is 12.7. The second-order valence-corrected chi connectivity index (χ2v) is 6.55. The van der Waals surface area contributed by atoms with E-state index in [9.17, 15) is 9.90 Å². The van der Waals surface area contributed by atoms with Crippen LogP contribution < -0.4 is 0 Å². The summed E-state index contributed by atoms with van der Waals surface area (Å²) in [6, 6.07) is 1.79. The van der Waals surface area contributed by atoms with Crippen molar-refractivity contribution in [1.29, 1.82) is 0 Å². The van der Waals surface area contributed by atoms with Crippen LogP contribution in [0.3, 0.4) is 0 Å². The van der Waals surface area contributed by atoms with Gasteiger partial charge in [0.1, 0.15) is 5.69 Å². The zero-order chi connectivity index (χ0) is 14.8. The maximum Gasteiger partial charge on any atom is 0.274 e. The van der Waals surface area contributed by atoms with Crippen molar-refractivity contribution >= 4 is 5.91 Å². The van der Waals surface area contributed by atoms with Crippen LogP contribution in [0, 0.1) is 0 Å². The molecular formula is C14H25N3O2. The van der Waals surface area contributed by atoms with E-state index in [0.717, 1.165) is 5.69 Å². The monoisotopic (exact) mass is 267 g/mol. The SMILES string of the molecule is CCN(CC(C)(C)O)C(=O)c1cc(C(C)(C)C)[nH]n1. The molecule has 1 rings (SSSR count). The highest BCUT2D eigenvalue weighted by Gasteiger charge is 2.25. The van der Waals surface area contributed by atoms with Crippen molar-refractivity contribution in [3.8, 4) is 0 Å². The highest BCUT2D eigenvalue weighted by Crippen LogP contribution is 2.21. The van der Waals surface area contributed by atoms with Crippen molar-refractivity contribution in [2.24, 2.45) is 0 Å². The fourth-order valence-electron chi connectivity index (χ4n) is 1.77. The molecule has 0 aromatic carbocycles. The van der Waals surface area contributed by atoms with Crippen LogP contribution in [-0.2, 0) is 5.41 Å². The normalized spacial score (nSPS) is 12.6. The van der Waals surface area contributed by atoms with Crippen LogP contribution in [0.15, 0.2) is 6.07 Å². The molecule has 2 N–H and O–H groups in total. The van der Waals surface area contributed by atoms with Crippen LogP contribution in [0.25, 0.3) is 0 Å².